The van der Waals surface area contributed by atoms with Crippen LogP contribution in [0.3, 0.4) is 0 Å². The fourth-order valence-corrected chi connectivity index (χ4v) is 1.59. The quantitative estimate of drug-likeness (QED) is 0.632. The van der Waals surface area contributed by atoms with Crippen molar-refractivity contribution in [3.63, 3.8) is 0 Å². The fraction of sp³-hybridized carbons (Fsp3) is 1.00. The highest BCUT2D eigenvalue weighted by Gasteiger charge is 2.18. The Labute approximate surface area is 93.1 Å². The Morgan fingerprint density at radius 1 is 0.867 bits per heavy atom. The molecule has 4 nitrogen and oxygen atoms in total. The van der Waals surface area contributed by atoms with Gasteiger partial charge in [-0.2, -0.15) is 0 Å². The molecule has 0 saturated heterocycles. The molecule has 92 valence electrons. The first-order chi connectivity index (χ1) is 7.21. The van der Waals surface area contributed by atoms with Gasteiger partial charge in [0.15, 0.2) is 0 Å². The Kier molecular flexibility index (Phi) is 9.00. The number of ether oxygens (including phenoxy) is 3. The minimum atomic E-state index is 0.0734. The maximum atomic E-state index is 5.57. The summed E-state index contributed by atoms with van der Waals surface area (Å²) in [5.74, 6) is 0. The zero-order chi connectivity index (χ0) is 11.7. The van der Waals surface area contributed by atoms with Crippen molar-refractivity contribution < 1.29 is 14.2 Å². The van der Waals surface area contributed by atoms with Gasteiger partial charge >= 0.3 is 0 Å². The van der Waals surface area contributed by atoms with Gasteiger partial charge in [-0.15, -0.1) is 0 Å². The monoisotopic (exact) mass is 219 g/mol. The molecule has 0 aromatic rings. The van der Waals surface area contributed by atoms with Gasteiger partial charge < -0.3 is 19.9 Å². The van der Waals surface area contributed by atoms with Crippen LogP contribution in [-0.2, 0) is 14.2 Å². The van der Waals surface area contributed by atoms with Crippen molar-refractivity contribution in [3.05, 3.63) is 0 Å². The molecule has 0 fully saturated rings. The third-order valence-electron chi connectivity index (χ3n) is 2.77. The largest absolute Gasteiger partial charge is 0.381 e. The molecule has 15 heavy (non-hydrogen) atoms. The summed E-state index contributed by atoms with van der Waals surface area (Å²) in [6.07, 6.45) is 3.20. The first-order valence-electron chi connectivity index (χ1n) is 5.50. The highest BCUT2D eigenvalue weighted by molar-refractivity contribution is 4.70. The van der Waals surface area contributed by atoms with Gasteiger partial charge in [-0.3, -0.25) is 0 Å². The van der Waals surface area contributed by atoms with Gasteiger partial charge in [-0.1, -0.05) is 6.92 Å². The van der Waals surface area contributed by atoms with Crippen LogP contribution in [0, 0.1) is 0 Å². The third-order valence-corrected chi connectivity index (χ3v) is 2.77. The normalized spacial score (nSPS) is 17.4. The van der Waals surface area contributed by atoms with Crippen LogP contribution in [-0.4, -0.2) is 46.2 Å². The van der Waals surface area contributed by atoms with Crippen molar-refractivity contribution in [1.82, 2.24) is 0 Å². The lowest BCUT2D eigenvalue weighted by molar-refractivity contribution is -0.0115. The molecule has 0 aliphatic rings. The van der Waals surface area contributed by atoms with Crippen molar-refractivity contribution >= 4 is 0 Å². The number of nitrogens with two attached hydrogens (primary N) is 1. The first-order valence-corrected chi connectivity index (χ1v) is 5.50. The Balaban J connectivity index is 4.00. The zero-order valence-electron chi connectivity index (χ0n) is 10.4. The Hall–Kier alpha value is -0.160. The second-order valence-electron chi connectivity index (χ2n) is 3.69. The number of rotatable bonds is 9. The molecule has 2 N–H and O–H groups in total. The maximum Gasteiger partial charge on any atom is 0.0718 e. The molecule has 0 radical (unpaired) electrons. The van der Waals surface area contributed by atoms with Gasteiger partial charge in [-0.05, 0) is 12.8 Å². The van der Waals surface area contributed by atoms with Crippen LogP contribution in [0.5, 0.6) is 0 Å². The van der Waals surface area contributed by atoms with Crippen LogP contribution in [0.25, 0.3) is 0 Å². The van der Waals surface area contributed by atoms with Crippen LogP contribution in [0.15, 0.2) is 0 Å². The van der Waals surface area contributed by atoms with E-state index in [0.29, 0.717) is 6.54 Å². The summed E-state index contributed by atoms with van der Waals surface area (Å²) in [5.41, 5.74) is 5.57. The highest BCUT2D eigenvalue weighted by Crippen LogP contribution is 2.14. The molecule has 0 heterocycles. The van der Waals surface area contributed by atoms with Crippen LogP contribution >= 0.6 is 0 Å². The second kappa shape index (κ2) is 9.09. The summed E-state index contributed by atoms with van der Waals surface area (Å²) in [6.45, 7) is 2.64. The van der Waals surface area contributed by atoms with E-state index in [-0.39, 0.29) is 18.3 Å². The molecule has 3 atom stereocenters. The molecule has 0 aliphatic heterocycles. The van der Waals surface area contributed by atoms with E-state index in [0.717, 1.165) is 19.3 Å². The molecule has 0 bridgehead atoms. The topological polar surface area (TPSA) is 53.7 Å². The van der Waals surface area contributed by atoms with E-state index >= 15 is 0 Å². The first kappa shape index (κ1) is 14.8. The summed E-state index contributed by atoms with van der Waals surface area (Å²) in [4.78, 5) is 0. The summed E-state index contributed by atoms with van der Waals surface area (Å²) < 4.78 is 16.0. The zero-order valence-corrected chi connectivity index (χ0v) is 10.4. The van der Waals surface area contributed by atoms with E-state index in [1.54, 1.807) is 21.3 Å². The van der Waals surface area contributed by atoms with Crippen LogP contribution < -0.4 is 5.73 Å². The summed E-state index contributed by atoms with van der Waals surface area (Å²) in [6, 6.07) is 0. The van der Waals surface area contributed by atoms with Gasteiger partial charge in [0.25, 0.3) is 0 Å². The lowest BCUT2D eigenvalue weighted by Gasteiger charge is -2.24. The molecule has 0 rings (SSSR count). The van der Waals surface area contributed by atoms with Crippen molar-refractivity contribution in [2.75, 3.05) is 27.9 Å². The molecular formula is C11H25NO3. The van der Waals surface area contributed by atoms with E-state index in [2.05, 4.69) is 6.92 Å². The van der Waals surface area contributed by atoms with Gasteiger partial charge in [0.05, 0.1) is 18.3 Å². The minimum Gasteiger partial charge on any atom is -0.381 e. The standard InChI is InChI=1S/C11H25NO3/c1-5-9(13-2)6-10(14-3)7-11(8-12)15-4/h9-11H,5-8,12H2,1-4H3. The van der Waals surface area contributed by atoms with E-state index in [9.17, 15) is 0 Å². The van der Waals surface area contributed by atoms with E-state index in [4.69, 9.17) is 19.9 Å². The summed E-state index contributed by atoms with van der Waals surface area (Å²) >= 11 is 0. The average molecular weight is 219 g/mol. The molecule has 3 unspecified atom stereocenters. The van der Waals surface area contributed by atoms with E-state index < -0.39 is 0 Å². The fourth-order valence-electron chi connectivity index (χ4n) is 1.59. The lowest BCUT2D eigenvalue weighted by atomic mass is 10.0. The maximum absolute atomic E-state index is 5.57. The molecule has 4 heteroatoms. The van der Waals surface area contributed by atoms with Crippen molar-refractivity contribution in [3.8, 4) is 0 Å². The molecular weight excluding hydrogens is 194 g/mol. The van der Waals surface area contributed by atoms with Crippen molar-refractivity contribution in [2.24, 2.45) is 5.73 Å². The van der Waals surface area contributed by atoms with E-state index in [1.807, 2.05) is 0 Å². The summed E-state index contributed by atoms with van der Waals surface area (Å²) in [7, 11) is 5.13. The van der Waals surface area contributed by atoms with Crippen LogP contribution in [0.1, 0.15) is 26.2 Å². The number of hydrogen-bond acceptors (Lipinski definition) is 4. The smallest absolute Gasteiger partial charge is 0.0718 e. The predicted molar refractivity (Wildman–Crippen MR) is 61.0 cm³/mol. The number of methoxy groups -OCH3 is 3. The van der Waals surface area contributed by atoms with Gasteiger partial charge in [0.1, 0.15) is 0 Å². The van der Waals surface area contributed by atoms with E-state index in [1.165, 1.54) is 0 Å². The number of hydrogen-bond donors (Lipinski definition) is 1. The highest BCUT2D eigenvalue weighted by atomic mass is 16.5. The minimum absolute atomic E-state index is 0.0734. The average Bonchev–Trinajstić information content (AvgIpc) is 2.30. The Morgan fingerprint density at radius 2 is 1.33 bits per heavy atom. The summed E-state index contributed by atoms with van der Waals surface area (Å²) in [5, 5.41) is 0. The molecule has 0 aromatic heterocycles. The third kappa shape index (κ3) is 6.10. The Morgan fingerprint density at radius 3 is 1.67 bits per heavy atom. The Bertz CT molecular complexity index is 122. The SMILES string of the molecule is CCC(CC(CC(CN)OC)OC)OC. The predicted octanol–water partition coefficient (Wildman–Crippen LogP) is 1.18. The second-order valence-corrected chi connectivity index (χ2v) is 3.69. The van der Waals surface area contributed by atoms with Gasteiger partial charge in [0.2, 0.25) is 0 Å². The molecule has 0 aliphatic carbocycles. The van der Waals surface area contributed by atoms with Crippen LogP contribution in [0.2, 0.25) is 0 Å². The van der Waals surface area contributed by atoms with Crippen molar-refractivity contribution in [1.29, 1.82) is 0 Å². The van der Waals surface area contributed by atoms with Gasteiger partial charge in [0, 0.05) is 34.3 Å². The molecule has 0 aromatic carbocycles. The molecule has 0 spiro atoms. The molecule has 0 saturated carbocycles. The van der Waals surface area contributed by atoms with Gasteiger partial charge in [-0.25, -0.2) is 0 Å². The van der Waals surface area contributed by atoms with Crippen LogP contribution in [0.4, 0.5) is 0 Å². The van der Waals surface area contributed by atoms with Crippen molar-refractivity contribution in [2.45, 2.75) is 44.5 Å². The lowest BCUT2D eigenvalue weighted by Crippen LogP contribution is -2.30. The molecule has 0 amide bonds.